The van der Waals surface area contributed by atoms with E-state index in [2.05, 4.69) is 16.3 Å². The van der Waals surface area contributed by atoms with Crippen molar-refractivity contribution in [1.82, 2.24) is 5.32 Å². The van der Waals surface area contributed by atoms with Crippen molar-refractivity contribution in [2.24, 2.45) is 17.8 Å². The maximum Gasteiger partial charge on any atom is 0.225 e. The third-order valence-electron chi connectivity index (χ3n) is 5.80. The number of carbonyl (C=O) groups excluding carboxylic acids is 1. The van der Waals surface area contributed by atoms with Gasteiger partial charge in [0.2, 0.25) is 5.91 Å². The zero-order valence-electron chi connectivity index (χ0n) is 12.8. The molecule has 1 N–H and O–H groups in total. The minimum Gasteiger partial charge on any atom is -0.371 e. The summed E-state index contributed by atoms with van der Waals surface area (Å²) < 4.78 is 0. The van der Waals surface area contributed by atoms with Gasteiger partial charge < -0.3 is 10.2 Å². The van der Waals surface area contributed by atoms with Crippen LogP contribution in [0.4, 0.5) is 5.69 Å². The molecule has 1 aromatic carbocycles. The number of fused-ring (bicyclic) bond motifs is 2. The second kappa shape index (κ2) is 5.77. The van der Waals surface area contributed by atoms with Gasteiger partial charge >= 0.3 is 0 Å². The van der Waals surface area contributed by atoms with Gasteiger partial charge in [0.25, 0.3) is 0 Å². The molecule has 2 saturated carbocycles. The van der Waals surface area contributed by atoms with E-state index in [0.29, 0.717) is 6.04 Å². The standard InChI is InChI=1S/C18H23ClN2O/c19-15-2-1-3-16(10-15)21-7-6-14(11-21)18(22)20-17-9-12-4-5-13(17)8-12/h1-3,10,12-14,17H,4-9,11H2,(H,20,22)/t12-,13+,14?,17-/m1/s1. The number of rotatable bonds is 3. The molecular formula is C18H23ClN2O. The second-order valence-electron chi connectivity index (χ2n) is 7.20. The molecule has 1 aliphatic heterocycles. The molecule has 3 aliphatic rings. The van der Waals surface area contributed by atoms with Crippen LogP contribution in [0.2, 0.25) is 5.02 Å². The van der Waals surface area contributed by atoms with Crippen molar-refractivity contribution >= 4 is 23.2 Å². The van der Waals surface area contributed by atoms with Crippen molar-refractivity contribution in [3.63, 3.8) is 0 Å². The summed E-state index contributed by atoms with van der Waals surface area (Å²) in [4.78, 5) is 14.8. The maximum absolute atomic E-state index is 12.6. The summed E-state index contributed by atoms with van der Waals surface area (Å²) in [6.45, 7) is 1.75. The number of hydrogen-bond acceptors (Lipinski definition) is 2. The Kier molecular flexibility index (Phi) is 3.77. The average molecular weight is 319 g/mol. The van der Waals surface area contributed by atoms with Gasteiger partial charge in [0.05, 0.1) is 5.92 Å². The number of nitrogens with one attached hydrogen (secondary N) is 1. The van der Waals surface area contributed by atoms with Crippen LogP contribution in [0.15, 0.2) is 24.3 Å². The fourth-order valence-corrected chi connectivity index (χ4v) is 4.79. The van der Waals surface area contributed by atoms with Crippen LogP contribution in [0, 0.1) is 17.8 Å². The molecule has 4 heteroatoms. The summed E-state index contributed by atoms with van der Waals surface area (Å²) in [5.74, 6) is 2.02. The first-order valence-electron chi connectivity index (χ1n) is 8.50. The highest BCUT2D eigenvalue weighted by molar-refractivity contribution is 6.30. The van der Waals surface area contributed by atoms with Crippen LogP contribution >= 0.6 is 11.6 Å². The average Bonchev–Trinajstić information content (AvgIpc) is 3.23. The first-order chi connectivity index (χ1) is 10.7. The lowest BCUT2D eigenvalue weighted by Gasteiger charge is -2.25. The zero-order valence-corrected chi connectivity index (χ0v) is 13.6. The molecule has 0 spiro atoms. The van der Waals surface area contributed by atoms with E-state index in [1.54, 1.807) is 0 Å². The predicted molar refractivity (Wildman–Crippen MR) is 89.2 cm³/mol. The third kappa shape index (κ3) is 2.71. The molecule has 1 unspecified atom stereocenters. The van der Waals surface area contributed by atoms with E-state index in [4.69, 9.17) is 11.6 Å². The largest absolute Gasteiger partial charge is 0.371 e. The van der Waals surface area contributed by atoms with Crippen molar-refractivity contribution in [3.8, 4) is 0 Å². The topological polar surface area (TPSA) is 32.3 Å². The number of amides is 1. The summed E-state index contributed by atoms with van der Waals surface area (Å²) in [5.41, 5.74) is 1.13. The molecule has 0 radical (unpaired) electrons. The van der Waals surface area contributed by atoms with E-state index in [1.807, 2.05) is 18.2 Å². The summed E-state index contributed by atoms with van der Waals surface area (Å²) in [5, 5.41) is 4.10. The number of hydrogen-bond donors (Lipinski definition) is 1. The number of halogens is 1. The normalized spacial score (nSPS) is 33.4. The zero-order chi connectivity index (χ0) is 15.1. The van der Waals surface area contributed by atoms with Crippen molar-refractivity contribution in [3.05, 3.63) is 29.3 Å². The minimum absolute atomic E-state index is 0.123. The first-order valence-corrected chi connectivity index (χ1v) is 8.88. The van der Waals surface area contributed by atoms with Gasteiger partial charge in [0.1, 0.15) is 0 Å². The van der Waals surface area contributed by atoms with Gasteiger partial charge in [-0.2, -0.15) is 0 Å². The Labute approximate surface area is 137 Å². The maximum atomic E-state index is 12.6. The Balaban J connectivity index is 1.35. The van der Waals surface area contributed by atoms with Crippen molar-refractivity contribution in [2.75, 3.05) is 18.0 Å². The Bertz CT molecular complexity index is 576. The van der Waals surface area contributed by atoms with E-state index >= 15 is 0 Å². The Morgan fingerprint density at radius 2 is 2.14 bits per heavy atom. The second-order valence-corrected chi connectivity index (χ2v) is 7.64. The van der Waals surface area contributed by atoms with E-state index in [9.17, 15) is 4.79 Å². The van der Waals surface area contributed by atoms with Gasteiger partial charge in [-0.3, -0.25) is 4.79 Å². The van der Waals surface area contributed by atoms with Crippen LogP contribution in [-0.2, 0) is 4.79 Å². The molecule has 3 nitrogen and oxygen atoms in total. The highest BCUT2D eigenvalue weighted by Crippen LogP contribution is 2.44. The smallest absolute Gasteiger partial charge is 0.225 e. The van der Waals surface area contributed by atoms with Gasteiger partial charge in [-0.1, -0.05) is 24.1 Å². The van der Waals surface area contributed by atoms with E-state index in [0.717, 1.165) is 42.1 Å². The van der Waals surface area contributed by atoms with Crippen LogP contribution in [0.3, 0.4) is 0 Å². The molecule has 2 bridgehead atoms. The Hall–Kier alpha value is -1.22. The quantitative estimate of drug-likeness (QED) is 0.925. The molecule has 4 rings (SSSR count). The number of benzene rings is 1. The Morgan fingerprint density at radius 3 is 2.86 bits per heavy atom. The van der Waals surface area contributed by atoms with Crippen molar-refractivity contribution < 1.29 is 4.79 Å². The molecule has 118 valence electrons. The van der Waals surface area contributed by atoms with E-state index in [-0.39, 0.29) is 11.8 Å². The lowest BCUT2D eigenvalue weighted by Crippen LogP contribution is -2.42. The lowest BCUT2D eigenvalue weighted by molar-refractivity contribution is -0.125. The molecule has 1 aromatic rings. The number of nitrogens with zero attached hydrogens (tertiary/aromatic N) is 1. The fourth-order valence-electron chi connectivity index (χ4n) is 4.60. The van der Waals surface area contributed by atoms with Crippen LogP contribution in [0.5, 0.6) is 0 Å². The van der Waals surface area contributed by atoms with Crippen molar-refractivity contribution in [1.29, 1.82) is 0 Å². The molecular weight excluding hydrogens is 296 g/mol. The SMILES string of the molecule is O=C(N[C@@H]1C[C@@H]2CC[C@H]1C2)C1CCN(c2cccc(Cl)c2)C1. The van der Waals surface area contributed by atoms with Crippen LogP contribution in [0.1, 0.15) is 32.1 Å². The summed E-state index contributed by atoms with van der Waals surface area (Å²) in [6.07, 6.45) is 6.18. The lowest BCUT2D eigenvalue weighted by atomic mass is 9.94. The molecule has 1 saturated heterocycles. The summed E-state index contributed by atoms with van der Waals surface area (Å²) in [7, 11) is 0. The van der Waals surface area contributed by atoms with Crippen LogP contribution < -0.4 is 10.2 Å². The predicted octanol–water partition coefficient (Wildman–Crippen LogP) is 3.47. The molecule has 1 heterocycles. The van der Waals surface area contributed by atoms with Crippen LogP contribution in [0.25, 0.3) is 0 Å². The van der Waals surface area contributed by atoms with Crippen LogP contribution in [-0.4, -0.2) is 25.0 Å². The van der Waals surface area contributed by atoms with Gasteiger partial charge in [-0.05, 0) is 55.7 Å². The van der Waals surface area contributed by atoms with Gasteiger partial charge in [0, 0.05) is 29.8 Å². The molecule has 4 atom stereocenters. The highest BCUT2D eigenvalue weighted by atomic mass is 35.5. The number of carbonyl (C=O) groups is 1. The fraction of sp³-hybridized carbons (Fsp3) is 0.611. The molecule has 0 aromatic heterocycles. The van der Waals surface area contributed by atoms with Gasteiger partial charge in [-0.15, -0.1) is 0 Å². The monoisotopic (exact) mass is 318 g/mol. The Morgan fingerprint density at radius 1 is 1.23 bits per heavy atom. The minimum atomic E-state index is 0.123. The molecule has 22 heavy (non-hydrogen) atoms. The highest BCUT2D eigenvalue weighted by Gasteiger charge is 2.41. The molecule has 1 amide bonds. The summed E-state index contributed by atoms with van der Waals surface area (Å²) >= 11 is 6.07. The molecule has 3 fully saturated rings. The van der Waals surface area contributed by atoms with E-state index in [1.165, 1.54) is 25.7 Å². The third-order valence-corrected chi connectivity index (χ3v) is 6.03. The molecule has 2 aliphatic carbocycles. The van der Waals surface area contributed by atoms with Gasteiger partial charge in [0.15, 0.2) is 0 Å². The van der Waals surface area contributed by atoms with Gasteiger partial charge in [-0.25, -0.2) is 0 Å². The van der Waals surface area contributed by atoms with E-state index < -0.39 is 0 Å². The summed E-state index contributed by atoms with van der Waals surface area (Å²) in [6, 6.07) is 8.37. The number of anilines is 1. The van der Waals surface area contributed by atoms with Crippen molar-refractivity contribution in [2.45, 2.75) is 38.1 Å². The first kappa shape index (κ1) is 14.4.